The summed E-state index contributed by atoms with van der Waals surface area (Å²) >= 11 is 0. The normalized spacial score (nSPS) is 14.3. The Labute approximate surface area is 185 Å². The first-order valence-electron chi connectivity index (χ1n) is 10.6. The van der Waals surface area contributed by atoms with Gasteiger partial charge in [-0.2, -0.15) is 5.10 Å². The van der Waals surface area contributed by atoms with Gasteiger partial charge in [-0.1, -0.05) is 0 Å². The van der Waals surface area contributed by atoms with Gasteiger partial charge in [0.15, 0.2) is 0 Å². The van der Waals surface area contributed by atoms with E-state index in [2.05, 4.69) is 15.7 Å². The lowest BCUT2D eigenvalue weighted by Crippen LogP contribution is -2.41. The molecule has 3 amide bonds. The smallest absolute Gasteiger partial charge is 0.254 e. The Morgan fingerprint density at radius 2 is 1.88 bits per heavy atom. The molecule has 0 spiro atoms. The van der Waals surface area contributed by atoms with Crippen LogP contribution in [0.2, 0.25) is 0 Å². The van der Waals surface area contributed by atoms with Crippen molar-refractivity contribution < 1.29 is 23.2 Å². The van der Waals surface area contributed by atoms with E-state index in [9.17, 15) is 23.2 Å². The first kappa shape index (κ1) is 23.4. The average Bonchev–Trinajstić information content (AvgIpc) is 3.21. The molecule has 10 heteroatoms. The Morgan fingerprint density at radius 1 is 1.12 bits per heavy atom. The second-order valence-corrected chi connectivity index (χ2v) is 7.92. The van der Waals surface area contributed by atoms with Gasteiger partial charge in [0.2, 0.25) is 5.91 Å². The fraction of sp³-hybridized carbons (Fsp3) is 0.455. The summed E-state index contributed by atoms with van der Waals surface area (Å²) < 4.78 is 28.1. The minimum atomic E-state index is -0.918. The molecular formula is C22H27F2N5O3. The molecular weight excluding hydrogens is 420 g/mol. The van der Waals surface area contributed by atoms with Crippen LogP contribution in [0.5, 0.6) is 0 Å². The van der Waals surface area contributed by atoms with Gasteiger partial charge < -0.3 is 15.5 Å². The van der Waals surface area contributed by atoms with E-state index in [1.165, 1.54) is 6.20 Å². The van der Waals surface area contributed by atoms with Crippen LogP contribution in [0.3, 0.4) is 0 Å². The van der Waals surface area contributed by atoms with Crippen molar-refractivity contribution in [1.82, 2.24) is 25.3 Å². The van der Waals surface area contributed by atoms with E-state index in [1.54, 1.807) is 22.8 Å². The predicted octanol–water partition coefficient (Wildman–Crippen LogP) is 1.88. The van der Waals surface area contributed by atoms with E-state index in [0.717, 1.165) is 25.0 Å². The van der Waals surface area contributed by atoms with Gasteiger partial charge in [0.1, 0.15) is 11.6 Å². The minimum Gasteiger partial charge on any atom is -0.352 e. The van der Waals surface area contributed by atoms with Gasteiger partial charge in [-0.05, 0) is 37.3 Å². The van der Waals surface area contributed by atoms with Crippen molar-refractivity contribution in [1.29, 1.82) is 0 Å². The van der Waals surface area contributed by atoms with Gasteiger partial charge in [-0.3, -0.25) is 19.1 Å². The maximum Gasteiger partial charge on any atom is 0.254 e. The lowest BCUT2D eigenvalue weighted by atomic mass is 9.96. The fourth-order valence-corrected chi connectivity index (χ4v) is 3.63. The monoisotopic (exact) mass is 447 g/mol. The molecule has 1 fully saturated rings. The van der Waals surface area contributed by atoms with Crippen LogP contribution < -0.4 is 10.6 Å². The van der Waals surface area contributed by atoms with Crippen LogP contribution in [0.4, 0.5) is 8.78 Å². The Balaban J connectivity index is 1.31. The summed E-state index contributed by atoms with van der Waals surface area (Å²) in [5, 5.41) is 9.45. The molecule has 1 aromatic heterocycles. The second-order valence-electron chi connectivity index (χ2n) is 7.92. The van der Waals surface area contributed by atoms with E-state index >= 15 is 0 Å². The topological polar surface area (TPSA) is 96.3 Å². The third-order valence-corrected chi connectivity index (χ3v) is 5.51. The standard InChI is InChI=1S/C22H27F2N5O3/c1-28-14-16(13-27-28)21(31)26-12-15-6-9-29(10-7-15)20(30)3-2-8-25-22(32)18-5-4-17(23)11-19(18)24/h4-5,11,13-15H,2-3,6-10,12H2,1H3,(H,25,32)(H,26,31). The van der Waals surface area contributed by atoms with Crippen molar-refractivity contribution in [2.75, 3.05) is 26.2 Å². The summed E-state index contributed by atoms with van der Waals surface area (Å²) in [7, 11) is 1.75. The molecule has 32 heavy (non-hydrogen) atoms. The number of nitrogens with one attached hydrogen (secondary N) is 2. The molecule has 0 radical (unpaired) electrons. The quantitative estimate of drug-likeness (QED) is 0.604. The van der Waals surface area contributed by atoms with Gasteiger partial charge in [0.05, 0.1) is 17.3 Å². The van der Waals surface area contributed by atoms with Crippen LogP contribution in [0.15, 0.2) is 30.6 Å². The SMILES string of the molecule is Cn1cc(C(=O)NCC2CCN(C(=O)CCCNC(=O)c3ccc(F)cc3F)CC2)cn1. The van der Waals surface area contributed by atoms with Crippen LogP contribution in [0.25, 0.3) is 0 Å². The van der Waals surface area contributed by atoms with E-state index in [-0.39, 0.29) is 30.3 Å². The molecule has 3 rings (SSSR count). The molecule has 1 saturated heterocycles. The van der Waals surface area contributed by atoms with Crippen molar-refractivity contribution in [3.05, 3.63) is 53.4 Å². The first-order valence-corrected chi connectivity index (χ1v) is 10.6. The molecule has 0 saturated carbocycles. The largest absolute Gasteiger partial charge is 0.352 e. The molecule has 1 aliphatic rings. The number of hydrogen-bond acceptors (Lipinski definition) is 4. The van der Waals surface area contributed by atoms with Gasteiger partial charge in [-0.15, -0.1) is 0 Å². The molecule has 172 valence electrons. The van der Waals surface area contributed by atoms with Gasteiger partial charge >= 0.3 is 0 Å². The zero-order chi connectivity index (χ0) is 23.1. The summed E-state index contributed by atoms with van der Waals surface area (Å²) in [4.78, 5) is 38.2. The van der Waals surface area contributed by atoms with E-state index in [4.69, 9.17) is 0 Å². The number of aryl methyl sites for hydroxylation is 1. The number of halogens is 2. The summed E-state index contributed by atoms with van der Waals surface area (Å²) in [6.07, 6.45) is 5.49. The van der Waals surface area contributed by atoms with Gasteiger partial charge in [0, 0.05) is 51.9 Å². The van der Waals surface area contributed by atoms with Crippen LogP contribution in [-0.4, -0.2) is 58.6 Å². The number of amides is 3. The van der Waals surface area contributed by atoms with E-state index in [1.807, 2.05) is 0 Å². The Kier molecular flexibility index (Phi) is 7.91. The molecule has 2 aromatic rings. The fourth-order valence-electron chi connectivity index (χ4n) is 3.63. The van der Waals surface area contributed by atoms with Crippen LogP contribution in [0, 0.1) is 17.6 Å². The molecule has 0 atom stereocenters. The average molecular weight is 447 g/mol. The number of carbonyl (C=O) groups is 3. The van der Waals surface area contributed by atoms with Crippen molar-refractivity contribution in [2.45, 2.75) is 25.7 Å². The third kappa shape index (κ3) is 6.35. The van der Waals surface area contributed by atoms with Crippen LogP contribution in [-0.2, 0) is 11.8 Å². The number of nitrogens with zero attached hydrogens (tertiary/aromatic N) is 3. The number of piperidine rings is 1. The Hall–Kier alpha value is -3.30. The molecule has 0 aliphatic carbocycles. The number of likely N-dealkylation sites (tertiary alicyclic amines) is 1. The highest BCUT2D eigenvalue weighted by Crippen LogP contribution is 2.17. The minimum absolute atomic E-state index is 0.00468. The zero-order valence-corrected chi connectivity index (χ0v) is 17.9. The summed E-state index contributed by atoms with van der Waals surface area (Å²) in [5.74, 6) is -2.14. The Bertz CT molecular complexity index is 970. The van der Waals surface area contributed by atoms with E-state index < -0.39 is 17.5 Å². The lowest BCUT2D eigenvalue weighted by Gasteiger charge is -2.32. The van der Waals surface area contributed by atoms with Crippen LogP contribution in [0.1, 0.15) is 46.4 Å². The number of rotatable bonds is 8. The predicted molar refractivity (Wildman–Crippen MR) is 113 cm³/mol. The van der Waals surface area contributed by atoms with E-state index in [0.29, 0.717) is 43.6 Å². The molecule has 0 unspecified atom stereocenters. The molecule has 1 aliphatic heterocycles. The molecule has 2 N–H and O–H groups in total. The first-order chi connectivity index (χ1) is 15.3. The maximum absolute atomic E-state index is 13.6. The summed E-state index contributed by atoms with van der Waals surface area (Å²) in [6.45, 7) is 2.03. The zero-order valence-electron chi connectivity index (χ0n) is 17.9. The number of carbonyl (C=O) groups excluding carboxylic acids is 3. The highest BCUT2D eigenvalue weighted by Gasteiger charge is 2.23. The van der Waals surface area contributed by atoms with Gasteiger partial charge in [-0.25, -0.2) is 8.78 Å². The van der Waals surface area contributed by atoms with Crippen molar-refractivity contribution in [3.63, 3.8) is 0 Å². The third-order valence-electron chi connectivity index (χ3n) is 5.51. The van der Waals surface area contributed by atoms with Crippen molar-refractivity contribution in [2.24, 2.45) is 13.0 Å². The number of benzene rings is 1. The molecule has 8 nitrogen and oxygen atoms in total. The van der Waals surface area contributed by atoms with Crippen LogP contribution >= 0.6 is 0 Å². The molecule has 1 aromatic carbocycles. The highest BCUT2D eigenvalue weighted by atomic mass is 19.1. The lowest BCUT2D eigenvalue weighted by molar-refractivity contribution is -0.132. The molecule has 0 bridgehead atoms. The maximum atomic E-state index is 13.6. The molecule has 2 heterocycles. The van der Waals surface area contributed by atoms with Crippen molar-refractivity contribution in [3.8, 4) is 0 Å². The number of aromatic nitrogens is 2. The van der Waals surface area contributed by atoms with Crippen molar-refractivity contribution >= 4 is 17.7 Å². The van der Waals surface area contributed by atoms with Gasteiger partial charge in [0.25, 0.3) is 11.8 Å². The summed E-state index contributed by atoms with van der Waals surface area (Å²) in [6, 6.07) is 2.77. The number of hydrogen-bond donors (Lipinski definition) is 2. The highest BCUT2D eigenvalue weighted by molar-refractivity contribution is 5.94. The second kappa shape index (κ2) is 10.8. The summed E-state index contributed by atoms with van der Waals surface area (Å²) in [5.41, 5.74) is 0.296. The Morgan fingerprint density at radius 3 is 2.53 bits per heavy atom.